The van der Waals surface area contributed by atoms with Crippen molar-refractivity contribution in [3.63, 3.8) is 0 Å². The molecule has 0 aliphatic carbocycles. The number of aromatic nitrogens is 1. The van der Waals surface area contributed by atoms with Crippen molar-refractivity contribution in [2.45, 2.75) is 32.3 Å². The number of aliphatic hydroxyl groups is 1. The van der Waals surface area contributed by atoms with E-state index in [-0.39, 0.29) is 6.10 Å². The van der Waals surface area contributed by atoms with Crippen LogP contribution in [0.4, 0.5) is 0 Å². The fourth-order valence-electron chi connectivity index (χ4n) is 0.920. The number of unbranched alkanes of at least 4 members (excludes halogenated alkanes) is 1. The van der Waals surface area contributed by atoms with Crippen LogP contribution in [0.3, 0.4) is 0 Å². The standard InChI is InChI=1S/C8H13NOS/c1-2-3-4-7(10)8-9-5-6-11-8/h5-7,10H,2-4H2,1H3/t7-/m0/s1. The lowest BCUT2D eigenvalue weighted by Crippen LogP contribution is -1.95. The van der Waals surface area contributed by atoms with Crippen molar-refractivity contribution in [2.24, 2.45) is 0 Å². The van der Waals surface area contributed by atoms with E-state index in [1.165, 1.54) is 11.3 Å². The lowest BCUT2D eigenvalue weighted by atomic mass is 10.2. The van der Waals surface area contributed by atoms with Crippen LogP contribution in [0.2, 0.25) is 0 Å². The molecule has 0 saturated carbocycles. The van der Waals surface area contributed by atoms with Crippen LogP contribution in [0.1, 0.15) is 37.3 Å². The first-order valence-electron chi connectivity index (χ1n) is 3.92. The summed E-state index contributed by atoms with van der Waals surface area (Å²) in [7, 11) is 0. The third kappa shape index (κ3) is 2.60. The Morgan fingerprint density at radius 1 is 1.73 bits per heavy atom. The number of rotatable bonds is 4. The zero-order valence-electron chi connectivity index (χ0n) is 6.66. The zero-order chi connectivity index (χ0) is 8.10. The van der Waals surface area contributed by atoms with Gasteiger partial charge < -0.3 is 5.11 Å². The van der Waals surface area contributed by atoms with Crippen LogP contribution in [0.15, 0.2) is 11.6 Å². The van der Waals surface area contributed by atoms with Gasteiger partial charge in [0, 0.05) is 11.6 Å². The van der Waals surface area contributed by atoms with Gasteiger partial charge in [-0.05, 0) is 6.42 Å². The Balaban J connectivity index is 2.36. The van der Waals surface area contributed by atoms with E-state index in [1.807, 2.05) is 5.38 Å². The van der Waals surface area contributed by atoms with Crippen molar-refractivity contribution in [3.8, 4) is 0 Å². The summed E-state index contributed by atoms with van der Waals surface area (Å²) in [4.78, 5) is 4.04. The summed E-state index contributed by atoms with van der Waals surface area (Å²) in [6.07, 6.45) is 4.43. The average molecular weight is 171 g/mol. The summed E-state index contributed by atoms with van der Waals surface area (Å²) in [5.74, 6) is 0. The number of nitrogens with zero attached hydrogens (tertiary/aromatic N) is 1. The highest BCUT2D eigenvalue weighted by molar-refractivity contribution is 7.09. The van der Waals surface area contributed by atoms with E-state index in [4.69, 9.17) is 0 Å². The molecule has 0 unspecified atom stereocenters. The summed E-state index contributed by atoms with van der Waals surface area (Å²) in [6.45, 7) is 2.12. The Labute approximate surface area is 70.9 Å². The molecule has 1 aromatic rings. The third-order valence-electron chi connectivity index (χ3n) is 1.57. The van der Waals surface area contributed by atoms with E-state index in [9.17, 15) is 5.11 Å². The smallest absolute Gasteiger partial charge is 0.121 e. The molecule has 1 aromatic heterocycles. The van der Waals surface area contributed by atoms with Crippen LogP contribution in [-0.4, -0.2) is 10.1 Å². The van der Waals surface area contributed by atoms with E-state index in [2.05, 4.69) is 11.9 Å². The quantitative estimate of drug-likeness (QED) is 0.754. The van der Waals surface area contributed by atoms with E-state index in [0.29, 0.717) is 0 Å². The van der Waals surface area contributed by atoms with Crippen molar-refractivity contribution in [1.82, 2.24) is 4.98 Å². The molecule has 1 rings (SSSR count). The van der Waals surface area contributed by atoms with E-state index < -0.39 is 0 Å². The van der Waals surface area contributed by atoms with Crippen LogP contribution in [0.25, 0.3) is 0 Å². The van der Waals surface area contributed by atoms with E-state index in [0.717, 1.165) is 24.3 Å². The zero-order valence-corrected chi connectivity index (χ0v) is 7.47. The van der Waals surface area contributed by atoms with Gasteiger partial charge in [0.2, 0.25) is 0 Å². The van der Waals surface area contributed by atoms with Gasteiger partial charge in [-0.1, -0.05) is 19.8 Å². The number of hydrogen-bond acceptors (Lipinski definition) is 3. The van der Waals surface area contributed by atoms with Gasteiger partial charge in [-0.2, -0.15) is 0 Å². The van der Waals surface area contributed by atoms with Crippen molar-refractivity contribution >= 4 is 11.3 Å². The molecule has 3 heteroatoms. The summed E-state index contributed by atoms with van der Waals surface area (Å²) in [5, 5.41) is 12.2. The minimum Gasteiger partial charge on any atom is -0.386 e. The second kappa shape index (κ2) is 4.46. The SMILES string of the molecule is CCCC[C@H](O)c1nccs1. The Bertz CT molecular complexity index is 186. The molecule has 0 saturated heterocycles. The van der Waals surface area contributed by atoms with Gasteiger partial charge in [-0.15, -0.1) is 11.3 Å². The molecule has 11 heavy (non-hydrogen) atoms. The fraction of sp³-hybridized carbons (Fsp3) is 0.625. The molecular weight excluding hydrogens is 158 g/mol. The average Bonchev–Trinajstić information content (AvgIpc) is 2.52. The Morgan fingerprint density at radius 3 is 3.09 bits per heavy atom. The van der Waals surface area contributed by atoms with Crippen LogP contribution in [-0.2, 0) is 0 Å². The topological polar surface area (TPSA) is 33.1 Å². The monoisotopic (exact) mass is 171 g/mol. The normalized spacial score (nSPS) is 13.3. The predicted octanol–water partition coefficient (Wildman–Crippen LogP) is 2.37. The third-order valence-corrected chi connectivity index (χ3v) is 2.44. The lowest BCUT2D eigenvalue weighted by Gasteiger charge is -2.04. The van der Waals surface area contributed by atoms with Gasteiger partial charge in [0.05, 0.1) is 0 Å². The molecule has 0 fully saturated rings. The molecule has 0 bridgehead atoms. The van der Waals surface area contributed by atoms with Gasteiger partial charge in [-0.3, -0.25) is 0 Å². The number of thiazole rings is 1. The number of aliphatic hydroxyl groups excluding tert-OH is 1. The predicted molar refractivity (Wildman–Crippen MR) is 46.6 cm³/mol. The first kappa shape index (κ1) is 8.68. The van der Waals surface area contributed by atoms with Crippen molar-refractivity contribution < 1.29 is 5.11 Å². The van der Waals surface area contributed by atoms with Crippen molar-refractivity contribution in [2.75, 3.05) is 0 Å². The molecule has 1 atom stereocenters. The summed E-state index contributed by atoms with van der Waals surface area (Å²) in [5.41, 5.74) is 0. The fourth-order valence-corrected chi connectivity index (χ4v) is 1.58. The maximum absolute atomic E-state index is 9.49. The maximum Gasteiger partial charge on any atom is 0.121 e. The Kier molecular flexibility index (Phi) is 3.52. The molecule has 0 radical (unpaired) electrons. The second-order valence-corrected chi connectivity index (χ2v) is 3.45. The van der Waals surface area contributed by atoms with Gasteiger partial charge in [-0.25, -0.2) is 4.98 Å². The minimum absolute atomic E-state index is 0.338. The van der Waals surface area contributed by atoms with Crippen LogP contribution in [0.5, 0.6) is 0 Å². The van der Waals surface area contributed by atoms with E-state index in [1.54, 1.807) is 6.20 Å². The molecule has 62 valence electrons. The van der Waals surface area contributed by atoms with Gasteiger partial charge in [0.25, 0.3) is 0 Å². The molecule has 0 aliphatic rings. The van der Waals surface area contributed by atoms with Gasteiger partial charge in [0.15, 0.2) is 0 Å². The summed E-state index contributed by atoms with van der Waals surface area (Å²) < 4.78 is 0. The molecule has 1 heterocycles. The second-order valence-electron chi connectivity index (χ2n) is 2.53. The molecule has 0 aliphatic heterocycles. The largest absolute Gasteiger partial charge is 0.386 e. The van der Waals surface area contributed by atoms with Crippen molar-refractivity contribution in [3.05, 3.63) is 16.6 Å². The first-order valence-corrected chi connectivity index (χ1v) is 4.80. The Hall–Kier alpha value is -0.410. The minimum atomic E-state index is -0.338. The molecular formula is C8H13NOS. The first-order chi connectivity index (χ1) is 5.34. The van der Waals surface area contributed by atoms with Crippen LogP contribution >= 0.6 is 11.3 Å². The maximum atomic E-state index is 9.49. The molecule has 2 nitrogen and oxygen atoms in total. The highest BCUT2D eigenvalue weighted by Crippen LogP contribution is 2.20. The molecule has 1 N–H and O–H groups in total. The van der Waals surface area contributed by atoms with Crippen molar-refractivity contribution in [1.29, 1.82) is 0 Å². The molecule has 0 spiro atoms. The van der Waals surface area contributed by atoms with Crippen LogP contribution < -0.4 is 0 Å². The molecule has 0 aromatic carbocycles. The molecule has 0 amide bonds. The summed E-state index contributed by atoms with van der Waals surface area (Å²) >= 11 is 1.52. The Morgan fingerprint density at radius 2 is 2.55 bits per heavy atom. The summed E-state index contributed by atoms with van der Waals surface area (Å²) in [6, 6.07) is 0. The number of hydrogen-bond donors (Lipinski definition) is 1. The lowest BCUT2D eigenvalue weighted by molar-refractivity contribution is 0.164. The van der Waals surface area contributed by atoms with Gasteiger partial charge >= 0.3 is 0 Å². The van der Waals surface area contributed by atoms with Crippen LogP contribution in [0, 0.1) is 0 Å². The van der Waals surface area contributed by atoms with E-state index >= 15 is 0 Å². The highest BCUT2D eigenvalue weighted by atomic mass is 32.1. The highest BCUT2D eigenvalue weighted by Gasteiger charge is 2.07. The van der Waals surface area contributed by atoms with Gasteiger partial charge in [0.1, 0.15) is 11.1 Å².